The lowest BCUT2D eigenvalue weighted by Gasteiger charge is -2.07. The highest BCUT2D eigenvalue weighted by Crippen LogP contribution is 2.22. The summed E-state index contributed by atoms with van der Waals surface area (Å²) >= 11 is 0. The van der Waals surface area contributed by atoms with Gasteiger partial charge in [0.25, 0.3) is 5.91 Å². The quantitative estimate of drug-likeness (QED) is 0.845. The Labute approximate surface area is 115 Å². The van der Waals surface area contributed by atoms with Gasteiger partial charge in [-0.25, -0.2) is 4.79 Å². The first-order valence-electron chi connectivity index (χ1n) is 5.93. The summed E-state index contributed by atoms with van der Waals surface area (Å²) in [6.45, 7) is -0.442. The molecule has 0 aliphatic heterocycles. The van der Waals surface area contributed by atoms with Crippen molar-refractivity contribution in [2.45, 2.75) is 0 Å². The molecule has 0 saturated heterocycles. The number of rotatable bonds is 5. The van der Waals surface area contributed by atoms with Crippen LogP contribution >= 0.6 is 0 Å². The minimum absolute atomic E-state index is 0.291. The molecule has 0 fully saturated rings. The van der Waals surface area contributed by atoms with Crippen LogP contribution < -0.4 is 10.5 Å². The monoisotopic (exact) mass is 271 g/mol. The SMILES string of the molecule is NC(=O)COC(=O)c1cccc(Oc2ccccc2)c1. The zero-order chi connectivity index (χ0) is 14.4. The first-order chi connectivity index (χ1) is 9.65. The Morgan fingerprint density at radius 2 is 1.65 bits per heavy atom. The van der Waals surface area contributed by atoms with E-state index in [1.54, 1.807) is 30.3 Å². The van der Waals surface area contributed by atoms with E-state index in [1.807, 2.05) is 18.2 Å². The van der Waals surface area contributed by atoms with Crippen LogP contribution in [0.3, 0.4) is 0 Å². The molecule has 0 bridgehead atoms. The number of hydrogen-bond donors (Lipinski definition) is 1. The molecule has 0 aliphatic rings. The van der Waals surface area contributed by atoms with Crippen LogP contribution in [-0.4, -0.2) is 18.5 Å². The predicted octanol–water partition coefficient (Wildman–Crippen LogP) is 2.12. The molecule has 0 unspecified atom stereocenters. The predicted molar refractivity (Wildman–Crippen MR) is 72.4 cm³/mol. The Hall–Kier alpha value is -2.82. The van der Waals surface area contributed by atoms with Crippen molar-refractivity contribution in [2.75, 3.05) is 6.61 Å². The molecule has 2 aromatic carbocycles. The lowest BCUT2D eigenvalue weighted by molar-refractivity contribution is -0.121. The first-order valence-corrected chi connectivity index (χ1v) is 5.93. The molecule has 5 heteroatoms. The van der Waals surface area contributed by atoms with Gasteiger partial charge in [0.2, 0.25) is 0 Å². The van der Waals surface area contributed by atoms with Crippen molar-refractivity contribution in [3.63, 3.8) is 0 Å². The molecular weight excluding hydrogens is 258 g/mol. The molecule has 0 radical (unpaired) electrons. The Kier molecular flexibility index (Phi) is 4.34. The Bertz CT molecular complexity index is 610. The van der Waals surface area contributed by atoms with E-state index in [0.717, 1.165) is 0 Å². The second kappa shape index (κ2) is 6.38. The zero-order valence-electron chi connectivity index (χ0n) is 10.6. The summed E-state index contributed by atoms with van der Waals surface area (Å²) in [6, 6.07) is 15.7. The number of hydrogen-bond acceptors (Lipinski definition) is 4. The van der Waals surface area contributed by atoms with Gasteiger partial charge in [-0.3, -0.25) is 4.79 Å². The van der Waals surface area contributed by atoms with E-state index >= 15 is 0 Å². The number of ether oxygens (including phenoxy) is 2. The minimum atomic E-state index is -0.699. The normalized spacial score (nSPS) is 9.80. The van der Waals surface area contributed by atoms with Crippen LogP contribution in [0.2, 0.25) is 0 Å². The van der Waals surface area contributed by atoms with E-state index in [0.29, 0.717) is 17.1 Å². The molecule has 2 aromatic rings. The Balaban J connectivity index is 2.08. The van der Waals surface area contributed by atoms with Gasteiger partial charge < -0.3 is 15.2 Å². The van der Waals surface area contributed by atoms with Gasteiger partial charge >= 0.3 is 5.97 Å². The van der Waals surface area contributed by atoms with Crippen molar-refractivity contribution in [3.05, 3.63) is 60.2 Å². The van der Waals surface area contributed by atoms with Gasteiger partial charge in [0.1, 0.15) is 11.5 Å². The molecule has 2 rings (SSSR count). The van der Waals surface area contributed by atoms with E-state index in [-0.39, 0.29) is 0 Å². The van der Waals surface area contributed by atoms with E-state index in [2.05, 4.69) is 0 Å². The first kappa shape index (κ1) is 13.6. The van der Waals surface area contributed by atoms with Crippen molar-refractivity contribution in [1.82, 2.24) is 0 Å². The third-order valence-electron chi connectivity index (χ3n) is 2.39. The highest BCUT2D eigenvalue weighted by Gasteiger charge is 2.09. The number of nitrogens with two attached hydrogens (primary N) is 1. The number of esters is 1. The molecule has 0 aliphatic carbocycles. The molecule has 5 nitrogen and oxygen atoms in total. The van der Waals surface area contributed by atoms with E-state index in [1.165, 1.54) is 6.07 Å². The highest BCUT2D eigenvalue weighted by atomic mass is 16.5. The summed E-state index contributed by atoms with van der Waals surface area (Å²) in [5.41, 5.74) is 5.20. The summed E-state index contributed by atoms with van der Waals surface area (Å²) in [7, 11) is 0. The molecule has 2 N–H and O–H groups in total. The molecule has 20 heavy (non-hydrogen) atoms. The molecular formula is C15H13NO4. The summed E-state index contributed by atoms with van der Waals surface area (Å²) < 4.78 is 10.3. The maximum Gasteiger partial charge on any atom is 0.338 e. The van der Waals surface area contributed by atoms with Gasteiger partial charge in [-0.15, -0.1) is 0 Å². The van der Waals surface area contributed by atoms with Crippen molar-refractivity contribution in [1.29, 1.82) is 0 Å². The second-order valence-corrected chi connectivity index (χ2v) is 3.99. The van der Waals surface area contributed by atoms with Crippen molar-refractivity contribution in [2.24, 2.45) is 5.73 Å². The lowest BCUT2D eigenvalue weighted by Crippen LogP contribution is -2.20. The largest absolute Gasteiger partial charge is 0.457 e. The number of carbonyl (C=O) groups excluding carboxylic acids is 2. The number of benzene rings is 2. The Morgan fingerprint density at radius 3 is 2.35 bits per heavy atom. The maximum atomic E-state index is 11.7. The van der Waals surface area contributed by atoms with Crippen LogP contribution in [0.5, 0.6) is 11.5 Å². The second-order valence-electron chi connectivity index (χ2n) is 3.99. The number of primary amides is 1. The van der Waals surface area contributed by atoms with Crippen molar-refractivity contribution in [3.8, 4) is 11.5 Å². The van der Waals surface area contributed by atoms with Crippen molar-refractivity contribution < 1.29 is 19.1 Å². The fourth-order valence-electron chi connectivity index (χ4n) is 1.53. The molecule has 0 saturated carbocycles. The van der Waals surface area contributed by atoms with E-state index in [9.17, 15) is 9.59 Å². The van der Waals surface area contributed by atoms with Crippen molar-refractivity contribution >= 4 is 11.9 Å². The minimum Gasteiger partial charge on any atom is -0.457 e. The standard InChI is InChI=1S/C15H13NO4/c16-14(17)10-19-15(18)11-5-4-8-13(9-11)20-12-6-2-1-3-7-12/h1-9H,10H2,(H2,16,17). The molecule has 1 amide bonds. The van der Waals surface area contributed by atoms with Crippen LogP contribution in [0.1, 0.15) is 10.4 Å². The molecule has 0 spiro atoms. The van der Waals surface area contributed by atoms with Crippen LogP contribution in [0, 0.1) is 0 Å². The number of para-hydroxylation sites is 1. The maximum absolute atomic E-state index is 11.7. The number of carbonyl (C=O) groups is 2. The summed E-state index contributed by atoms with van der Waals surface area (Å²) in [4.78, 5) is 22.2. The fraction of sp³-hybridized carbons (Fsp3) is 0.0667. The highest BCUT2D eigenvalue weighted by molar-refractivity contribution is 5.91. The topological polar surface area (TPSA) is 78.6 Å². The van der Waals surface area contributed by atoms with Gasteiger partial charge in [-0.2, -0.15) is 0 Å². The number of amides is 1. The van der Waals surface area contributed by atoms with Gasteiger partial charge in [0, 0.05) is 0 Å². The van der Waals surface area contributed by atoms with Crippen LogP contribution in [-0.2, 0) is 9.53 Å². The third kappa shape index (κ3) is 3.84. The van der Waals surface area contributed by atoms with E-state index in [4.69, 9.17) is 15.2 Å². The van der Waals surface area contributed by atoms with Crippen LogP contribution in [0.15, 0.2) is 54.6 Å². The molecule has 0 aromatic heterocycles. The van der Waals surface area contributed by atoms with Gasteiger partial charge in [0.15, 0.2) is 6.61 Å². The molecule has 102 valence electrons. The average Bonchev–Trinajstić information content (AvgIpc) is 2.46. The van der Waals surface area contributed by atoms with Gasteiger partial charge in [-0.1, -0.05) is 24.3 Å². The smallest absolute Gasteiger partial charge is 0.338 e. The third-order valence-corrected chi connectivity index (χ3v) is 2.39. The molecule has 0 atom stereocenters. The fourth-order valence-corrected chi connectivity index (χ4v) is 1.53. The average molecular weight is 271 g/mol. The van der Waals surface area contributed by atoms with Gasteiger partial charge in [-0.05, 0) is 30.3 Å². The summed E-state index contributed by atoms with van der Waals surface area (Å²) in [6.07, 6.45) is 0. The summed E-state index contributed by atoms with van der Waals surface area (Å²) in [5, 5.41) is 0. The van der Waals surface area contributed by atoms with E-state index < -0.39 is 18.5 Å². The van der Waals surface area contributed by atoms with Crippen LogP contribution in [0.4, 0.5) is 0 Å². The van der Waals surface area contributed by atoms with Gasteiger partial charge in [0.05, 0.1) is 5.56 Å². The Morgan fingerprint density at radius 1 is 0.950 bits per heavy atom. The lowest BCUT2D eigenvalue weighted by atomic mass is 10.2. The zero-order valence-corrected chi connectivity index (χ0v) is 10.6. The summed E-state index contributed by atoms with van der Waals surface area (Å²) in [5.74, 6) is -0.155. The van der Waals surface area contributed by atoms with Crippen LogP contribution in [0.25, 0.3) is 0 Å². The molecule has 0 heterocycles.